The summed E-state index contributed by atoms with van der Waals surface area (Å²) >= 11 is 0. The molecule has 0 saturated heterocycles. The van der Waals surface area contributed by atoms with Crippen LogP contribution in [0.2, 0.25) is 0 Å². The molecular weight excluding hydrogens is 189 g/mol. The van der Waals surface area contributed by atoms with Crippen molar-refractivity contribution in [3.8, 4) is 0 Å². The monoisotopic (exact) mass is 207 g/mol. The second-order valence-electron chi connectivity index (χ2n) is 5.22. The molecule has 0 radical (unpaired) electrons. The van der Waals surface area contributed by atoms with Gasteiger partial charge in [0, 0.05) is 11.0 Å². The predicted molar refractivity (Wildman–Crippen MR) is 60.3 cm³/mol. The van der Waals surface area contributed by atoms with Crippen molar-refractivity contribution in [3.05, 3.63) is 35.1 Å². The molecular formula is C13H18FN. The third-order valence-electron chi connectivity index (χ3n) is 3.90. The van der Waals surface area contributed by atoms with Crippen LogP contribution in [0, 0.1) is 12.7 Å². The minimum absolute atomic E-state index is 0.0979. The molecule has 2 rings (SSSR count). The molecule has 15 heavy (non-hydrogen) atoms. The van der Waals surface area contributed by atoms with Crippen molar-refractivity contribution >= 4 is 0 Å². The van der Waals surface area contributed by atoms with Gasteiger partial charge in [-0.15, -0.1) is 0 Å². The lowest BCUT2D eigenvalue weighted by molar-refractivity contribution is 0.373. The molecule has 0 aliphatic heterocycles. The summed E-state index contributed by atoms with van der Waals surface area (Å²) in [4.78, 5) is 0. The SMILES string of the molecule is Cc1cccc(C(C)(C)C2(N)CC2)c1F. The molecule has 2 heteroatoms. The molecule has 1 nitrogen and oxygen atoms in total. The smallest absolute Gasteiger partial charge is 0.129 e. The summed E-state index contributed by atoms with van der Waals surface area (Å²) in [5.74, 6) is -0.0979. The highest BCUT2D eigenvalue weighted by Gasteiger charge is 2.52. The molecule has 0 spiro atoms. The fourth-order valence-electron chi connectivity index (χ4n) is 2.16. The number of rotatable bonds is 2. The van der Waals surface area contributed by atoms with E-state index in [1.807, 2.05) is 26.0 Å². The van der Waals surface area contributed by atoms with Crippen LogP contribution in [0.15, 0.2) is 18.2 Å². The van der Waals surface area contributed by atoms with E-state index in [4.69, 9.17) is 5.73 Å². The average molecular weight is 207 g/mol. The minimum atomic E-state index is -0.275. The van der Waals surface area contributed by atoms with Crippen molar-refractivity contribution in [3.63, 3.8) is 0 Å². The first-order valence-corrected chi connectivity index (χ1v) is 5.43. The molecule has 2 N–H and O–H groups in total. The maximum absolute atomic E-state index is 14.0. The summed E-state index contributed by atoms with van der Waals surface area (Å²) in [6.45, 7) is 5.88. The van der Waals surface area contributed by atoms with Crippen LogP contribution in [-0.4, -0.2) is 5.54 Å². The molecule has 0 bridgehead atoms. The number of halogens is 1. The van der Waals surface area contributed by atoms with Gasteiger partial charge in [0.2, 0.25) is 0 Å². The van der Waals surface area contributed by atoms with E-state index in [1.54, 1.807) is 13.0 Å². The van der Waals surface area contributed by atoms with E-state index in [2.05, 4.69) is 0 Å². The Morgan fingerprint density at radius 2 is 1.93 bits per heavy atom. The summed E-state index contributed by atoms with van der Waals surface area (Å²) < 4.78 is 14.0. The fraction of sp³-hybridized carbons (Fsp3) is 0.538. The Morgan fingerprint density at radius 3 is 2.47 bits per heavy atom. The summed E-state index contributed by atoms with van der Waals surface area (Å²) in [6.07, 6.45) is 1.99. The molecule has 1 fully saturated rings. The zero-order valence-electron chi connectivity index (χ0n) is 9.60. The first kappa shape index (κ1) is 10.6. The molecule has 82 valence electrons. The first-order chi connectivity index (χ1) is 6.88. The van der Waals surface area contributed by atoms with Crippen molar-refractivity contribution in [2.75, 3.05) is 0 Å². The number of hydrogen-bond donors (Lipinski definition) is 1. The highest BCUT2D eigenvalue weighted by molar-refractivity contribution is 5.36. The van der Waals surface area contributed by atoms with E-state index in [0.29, 0.717) is 5.56 Å². The largest absolute Gasteiger partial charge is 0.324 e. The summed E-state index contributed by atoms with van der Waals surface area (Å²) in [7, 11) is 0. The zero-order valence-corrected chi connectivity index (χ0v) is 9.60. The van der Waals surface area contributed by atoms with Gasteiger partial charge in [0.05, 0.1) is 0 Å². The van der Waals surface area contributed by atoms with Crippen LogP contribution in [0.25, 0.3) is 0 Å². The molecule has 1 aliphatic rings. The second kappa shape index (κ2) is 3.05. The maximum Gasteiger partial charge on any atom is 0.129 e. The Kier molecular flexibility index (Phi) is 2.16. The van der Waals surface area contributed by atoms with Gasteiger partial charge in [-0.2, -0.15) is 0 Å². The van der Waals surface area contributed by atoms with E-state index in [1.165, 1.54) is 0 Å². The molecule has 0 aromatic heterocycles. The van der Waals surface area contributed by atoms with Gasteiger partial charge < -0.3 is 5.73 Å². The van der Waals surface area contributed by atoms with Gasteiger partial charge >= 0.3 is 0 Å². The van der Waals surface area contributed by atoms with Crippen LogP contribution in [0.4, 0.5) is 4.39 Å². The lowest BCUT2D eigenvalue weighted by atomic mass is 9.75. The topological polar surface area (TPSA) is 26.0 Å². The Morgan fingerprint density at radius 1 is 1.33 bits per heavy atom. The number of nitrogens with two attached hydrogens (primary N) is 1. The summed E-state index contributed by atoms with van der Waals surface area (Å²) in [6, 6.07) is 5.56. The Labute approximate surface area is 90.5 Å². The minimum Gasteiger partial charge on any atom is -0.324 e. The Bertz CT molecular complexity index is 392. The quantitative estimate of drug-likeness (QED) is 0.792. The van der Waals surface area contributed by atoms with Crippen molar-refractivity contribution in [2.45, 2.75) is 44.6 Å². The van der Waals surface area contributed by atoms with Gasteiger partial charge in [0.15, 0.2) is 0 Å². The third kappa shape index (κ3) is 1.48. The van der Waals surface area contributed by atoms with Crippen LogP contribution in [-0.2, 0) is 5.41 Å². The molecule has 0 atom stereocenters. The molecule has 0 amide bonds. The fourth-order valence-corrected chi connectivity index (χ4v) is 2.16. The highest BCUT2D eigenvalue weighted by atomic mass is 19.1. The molecule has 0 unspecified atom stereocenters. The van der Waals surface area contributed by atoms with Crippen molar-refractivity contribution in [1.82, 2.24) is 0 Å². The van der Waals surface area contributed by atoms with E-state index in [9.17, 15) is 4.39 Å². The number of benzene rings is 1. The first-order valence-electron chi connectivity index (χ1n) is 5.43. The number of hydrogen-bond acceptors (Lipinski definition) is 1. The van der Waals surface area contributed by atoms with Crippen LogP contribution in [0.1, 0.15) is 37.8 Å². The van der Waals surface area contributed by atoms with Crippen LogP contribution in [0.3, 0.4) is 0 Å². The van der Waals surface area contributed by atoms with Crippen LogP contribution in [0.5, 0.6) is 0 Å². The normalized spacial score (nSPS) is 19.0. The van der Waals surface area contributed by atoms with Crippen LogP contribution < -0.4 is 5.73 Å². The standard InChI is InChI=1S/C13H18FN/c1-9-5-4-6-10(11(9)14)12(2,3)13(15)7-8-13/h4-6H,7-8,15H2,1-3H3. The predicted octanol–water partition coefficient (Wildman–Crippen LogP) is 2.90. The molecule has 1 saturated carbocycles. The Balaban J connectivity index is 2.49. The highest BCUT2D eigenvalue weighted by Crippen LogP contribution is 2.49. The van der Waals surface area contributed by atoms with Crippen molar-refractivity contribution < 1.29 is 4.39 Å². The van der Waals surface area contributed by atoms with Gasteiger partial charge in [-0.05, 0) is 30.9 Å². The van der Waals surface area contributed by atoms with Gasteiger partial charge in [-0.1, -0.05) is 32.0 Å². The van der Waals surface area contributed by atoms with E-state index in [-0.39, 0.29) is 16.8 Å². The van der Waals surface area contributed by atoms with Crippen LogP contribution >= 0.6 is 0 Å². The lowest BCUT2D eigenvalue weighted by Crippen LogP contribution is -2.44. The third-order valence-corrected chi connectivity index (χ3v) is 3.90. The van der Waals surface area contributed by atoms with E-state index >= 15 is 0 Å². The summed E-state index contributed by atoms with van der Waals surface area (Å²) in [5.41, 5.74) is 7.18. The van der Waals surface area contributed by atoms with Gasteiger partial charge in [-0.3, -0.25) is 0 Å². The molecule has 0 heterocycles. The molecule has 1 aliphatic carbocycles. The van der Waals surface area contributed by atoms with Gasteiger partial charge in [-0.25, -0.2) is 4.39 Å². The number of aryl methyl sites for hydroxylation is 1. The molecule has 1 aromatic rings. The summed E-state index contributed by atoms with van der Waals surface area (Å²) in [5, 5.41) is 0. The maximum atomic E-state index is 14.0. The average Bonchev–Trinajstić information content (AvgIpc) is 2.90. The van der Waals surface area contributed by atoms with Gasteiger partial charge in [0.25, 0.3) is 0 Å². The zero-order chi connectivity index (χ0) is 11.3. The van der Waals surface area contributed by atoms with Gasteiger partial charge in [0.1, 0.15) is 5.82 Å². The van der Waals surface area contributed by atoms with E-state index < -0.39 is 0 Å². The second-order valence-corrected chi connectivity index (χ2v) is 5.22. The molecule has 1 aromatic carbocycles. The van der Waals surface area contributed by atoms with E-state index in [0.717, 1.165) is 18.4 Å². The Hall–Kier alpha value is -0.890. The van der Waals surface area contributed by atoms with Crippen molar-refractivity contribution in [2.24, 2.45) is 5.73 Å². The van der Waals surface area contributed by atoms with Crippen molar-refractivity contribution in [1.29, 1.82) is 0 Å². The lowest BCUT2D eigenvalue weighted by Gasteiger charge is -2.33.